The number of pyridine rings is 2. The van der Waals surface area contributed by atoms with Crippen molar-refractivity contribution in [1.29, 1.82) is 0 Å². The Labute approximate surface area is 241 Å². The van der Waals surface area contributed by atoms with Gasteiger partial charge in [-0.25, -0.2) is 18.7 Å². The van der Waals surface area contributed by atoms with Gasteiger partial charge in [-0.3, -0.25) is 9.78 Å². The summed E-state index contributed by atoms with van der Waals surface area (Å²) >= 11 is 6.77. The molecule has 212 valence electrons. The highest BCUT2D eigenvalue weighted by Gasteiger charge is 2.38. The number of carbonyl (C=O) groups is 1. The number of hydrogen-bond acceptors (Lipinski definition) is 7. The summed E-state index contributed by atoms with van der Waals surface area (Å²) in [5.74, 6) is -0.0623. The topological polar surface area (TPSA) is 96.8 Å². The van der Waals surface area contributed by atoms with Crippen molar-refractivity contribution in [2.45, 2.75) is 45.8 Å². The summed E-state index contributed by atoms with van der Waals surface area (Å²) in [4.78, 5) is 44.4. The second-order valence-electron chi connectivity index (χ2n) is 10.9. The SMILES string of the molecule is Cc1ccnc(C(C)C)c1-n1c(=O)nc(N2CCN(C(=O)[C@@H]3CO3)C[C@@H]2C)c2cc(Cl)c(-c3ccccc3F)nc21. The van der Waals surface area contributed by atoms with Gasteiger partial charge in [0.2, 0.25) is 0 Å². The lowest BCUT2D eigenvalue weighted by molar-refractivity contribution is -0.133. The van der Waals surface area contributed by atoms with E-state index >= 15 is 0 Å². The van der Waals surface area contributed by atoms with Gasteiger partial charge in [-0.05, 0) is 49.6 Å². The molecule has 41 heavy (non-hydrogen) atoms. The van der Waals surface area contributed by atoms with Crippen molar-refractivity contribution < 1.29 is 13.9 Å². The van der Waals surface area contributed by atoms with Gasteiger partial charge >= 0.3 is 5.69 Å². The molecule has 2 aliphatic heterocycles. The number of hydrogen-bond donors (Lipinski definition) is 0. The lowest BCUT2D eigenvalue weighted by Gasteiger charge is -2.40. The minimum atomic E-state index is -0.531. The van der Waals surface area contributed by atoms with Crippen molar-refractivity contribution in [3.63, 3.8) is 0 Å². The molecule has 0 unspecified atom stereocenters. The maximum Gasteiger partial charge on any atom is 0.355 e. The zero-order valence-corrected chi connectivity index (χ0v) is 24.0. The van der Waals surface area contributed by atoms with E-state index in [0.717, 1.165) is 11.3 Å². The number of fused-ring (bicyclic) bond motifs is 1. The maximum absolute atomic E-state index is 14.9. The fraction of sp³-hybridized carbons (Fsp3) is 0.367. The van der Waals surface area contributed by atoms with Gasteiger partial charge in [0.1, 0.15) is 11.6 Å². The fourth-order valence-electron chi connectivity index (χ4n) is 5.52. The van der Waals surface area contributed by atoms with Crippen LogP contribution in [0, 0.1) is 12.7 Å². The summed E-state index contributed by atoms with van der Waals surface area (Å²) in [5.41, 5.74) is 2.37. The highest BCUT2D eigenvalue weighted by atomic mass is 35.5. The number of amides is 1. The van der Waals surface area contributed by atoms with Crippen LogP contribution in [-0.2, 0) is 9.53 Å². The van der Waals surface area contributed by atoms with Crippen LogP contribution in [0.1, 0.15) is 37.9 Å². The molecule has 0 radical (unpaired) electrons. The van der Waals surface area contributed by atoms with Crippen LogP contribution in [0.15, 0.2) is 47.4 Å². The molecule has 3 aromatic heterocycles. The number of benzene rings is 1. The van der Waals surface area contributed by atoms with Crippen molar-refractivity contribution in [3.05, 3.63) is 75.2 Å². The lowest BCUT2D eigenvalue weighted by Crippen LogP contribution is -2.55. The number of nitrogens with zero attached hydrogens (tertiary/aromatic N) is 6. The second-order valence-corrected chi connectivity index (χ2v) is 11.3. The first kappa shape index (κ1) is 27.3. The number of aryl methyl sites for hydroxylation is 1. The molecule has 0 N–H and O–H groups in total. The summed E-state index contributed by atoms with van der Waals surface area (Å²) in [7, 11) is 0. The number of ether oxygens (including phenoxy) is 1. The Bertz CT molecular complexity index is 1740. The number of rotatable bonds is 5. The van der Waals surface area contributed by atoms with E-state index in [9.17, 15) is 14.0 Å². The van der Waals surface area contributed by atoms with Gasteiger partial charge in [0.15, 0.2) is 11.8 Å². The molecule has 9 nitrogen and oxygen atoms in total. The summed E-state index contributed by atoms with van der Waals surface area (Å²) in [6.07, 6.45) is 1.36. The molecular formula is C30H30ClFN6O3. The smallest absolute Gasteiger partial charge is 0.355 e. The first-order chi connectivity index (χ1) is 19.7. The largest absolute Gasteiger partial charge is 0.363 e. The predicted molar refractivity (Wildman–Crippen MR) is 155 cm³/mol. The minimum Gasteiger partial charge on any atom is -0.363 e. The zero-order valence-electron chi connectivity index (χ0n) is 23.3. The van der Waals surface area contributed by atoms with Gasteiger partial charge in [0.05, 0.1) is 34.1 Å². The molecule has 2 saturated heterocycles. The summed E-state index contributed by atoms with van der Waals surface area (Å²) in [5, 5.41) is 0.778. The summed E-state index contributed by atoms with van der Waals surface area (Å²) in [6.45, 7) is 9.73. The van der Waals surface area contributed by atoms with E-state index in [1.807, 2.05) is 38.7 Å². The normalized spacial score (nSPS) is 18.8. The molecule has 4 aromatic rings. The molecule has 0 saturated carbocycles. The molecule has 0 bridgehead atoms. The van der Waals surface area contributed by atoms with Crippen molar-refractivity contribution >= 4 is 34.4 Å². The Balaban J connectivity index is 1.58. The van der Waals surface area contributed by atoms with E-state index in [0.29, 0.717) is 48.8 Å². The van der Waals surface area contributed by atoms with E-state index in [-0.39, 0.29) is 40.3 Å². The van der Waals surface area contributed by atoms with Crippen molar-refractivity contribution in [1.82, 2.24) is 24.4 Å². The van der Waals surface area contributed by atoms with Crippen molar-refractivity contribution in [2.24, 2.45) is 0 Å². The number of anilines is 1. The number of epoxide rings is 1. The molecule has 0 spiro atoms. The maximum atomic E-state index is 14.9. The third kappa shape index (κ3) is 4.85. The van der Waals surface area contributed by atoms with Gasteiger partial charge in [-0.1, -0.05) is 37.6 Å². The third-order valence-corrected chi connectivity index (χ3v) is 7.96. The molecule has 2 atom stereocenters. The zero-order chi connectivity index (χ0) is 29.0. The van der Waals surface area contributed by atoms with Crippen LogP contribution in [0.5, 0.6) is 0 Å². The number of halogens is 2. The molecule has 6 rings (SSSR count). The molecular weight excluding hydrogens is 547 g/mol. The van der Waals surface area contributed by atoms with E-state index < -0.39 is 11.5 Å². The van der Waals surface area contributed by atoms with Gasteiger partial charge in [-0.15, -0.1) is 0 Å². The van der Waals surface area contributed by atoms with E-state index in [4.69, 9.17) is 21.3 Å². The standard InChI is InChI=1S/C30H30ClFN6O3/c1-16(2)24-26(17(3)9-10-33-24)38-28-20(13-21(31)25(34-28)19-7-5-6-8-22(19)32)27(35-30(38)40)37-12-11-36(14-18(37)4)29(39)23-15-41-23/h5-10,13,16,18,23H,11-12,14-15H2,1-4H3/t18-,23-/m0/s1. The van der Waals surface area contributed by atoms with Crippen molar-refractivity contribution in [2.75, 3.05) is 31.1 Å². The van der Waals surface area contributed by atoms with Crippen LogP contribution < -0.4 is 10.6 Å². The average molecular weight is 577 g/mol. The number of carbonyl (C=O) groups excluding carboxylic acids is 1. The van der Waals surface area contributed by atoms with Crippen molar-refractivity contribution in [3.8, 4) is 16.9 Å². The van der Waals surface area contributed by atoms with Gasteiger partial charge < -0.3 is 14.5 Å². The van der Waals surface area contributed by atoms with Crippen LogP contribution in [0.25, 0.3) is 28.0 Å². The summed E-state index contributed by atoms with van der Waals surface area (Å²) in [6, 6.07) is 9.66. The van der Waals surface area contributed by atoms with Crippen LogP contribution in [0.3, 0.4) is 0 Å². The summed E-state index contributed by atoms with van der Waals surface area (Å²) < 4.78 is 21.6. The van der Waals surface area contributed by atoms with Crippen LogP contribution in [-0.4, -0.2) is 68.7 Å². The van der Waals surface area contributed by atoms with E-state index in [1.54, 1.807) is 35.4 Å². The second kappa shape index (κ2) is 10.5. The first-order valence-corrected chi connectivity index (χ1v) is 14.0. The molecule has 2 aliphatic rings. The van der Waals surface area contributed by atoms with Gasteiger partial charge in [0, 0.05) is 37.4 Å². The first-order valence-electron chi connectivity index (χ1n) is 13.7. The molecule has 5 heterocycles. The monoisotopic (exact) mass is 576 g/mol. The fourth-order valence-corrected chi connectivity index (χ4v) is 5.77. The Kier molecular flexibility index (Phi) is 6.99. The predicted octanol–water partition coefficient (Wildman–Crippen LogP) is 4.50. The third-order valence-electron chi connectivity index (χ3n) is 7.68. The van der Waals surface area contributed by atoms with Gasteiger partial charge in [0.25, 0.3) is 5.91 Å². The minimum absolute atomic E-state index is 0.00551. The Morgan fingerprint density at radius 1 is 1.17 bits per heavy atom. The van der Waals surface area contributed by atoms with Crippen LogP contribution >= 0.6 is 11.6 Å². The quantitative estimate of drug-likeness (QED) is 0.323. The van der Waals surface area contributed by atoms with Crippen LogP contribution in [0.4, 0.5) is 10.2 Å². The molecule has 1 aromatic carbocycles. The average Bonchev–Trinajstić information content (AvgIpc) is 3.79. The Hall–Kier alpha value is -3.89. The highest BCUT2D eigenvalue weighted by Crippen LogP contribution is 2.36. The Morgan fingerprint density at radius 3 is 2.61 bits per heavy atom. The van der Waals surface area contributed by atoms with Gasteiger partial charge in [-0.2, -0.15) is 4.98 Å². The van der Waals surface area contributed by atoms with E-state index in [2.05, 4.69) is 9.97 Å². The molecule has 11 heteroatoms. The Morgan fingerprint density at radius 2 is 1.93 bits per heavy atom. The number of aromatic nitrogens is 4. The lowest BCUT2D eigenvalue weighted by atomic mass is 10.0. The van der Waals surface area contributed by atoms with E-state index in [1.165, 1.54) is 10.6 Å². The molecule has 2 fully saturated rings. The van der Waals surface area contributed by atoms with Crippen LogP contribution in [0.2, 0.25) is 5.02 Å². The highest BCUT2D eigenvalue weighted by molar-refractivity contribution is 6.33. The number of piperazine rings is 1. The molecule has 0 aliphatic carbocycles. The molecule has 1 amide bonds.